The zero-order chi connectivity index (χ0) is 25.3. The summed E-state index contributed by atoms with van der Waals surface area (Å²) in [6.07, 6.45) is 24.3. The molecule has 5 heterocycles. The fraction of sp³-hybridized carbons (Fsp3) is 0.562. The molecule has 0 saturated heterocycles. The highest BCUT2D eigenvalue weighted by molar-refractivity contribution is 7.50. The van der Waals surface area contributed by atoms with E-state index in [0.29, 0.717) is 0 Å². The summed E-state index contributed by atoms with van der Waals surface area (Å²) in [5, 5.41) is 5.20. The van der Waals surface area contributed by atoms with Crippen molar-refractivity contribution in [3.05, 3.63) is 34.5 Å². The van der Waals surface area contributed by atoms with E-state index in [-0.39, 0.29) is 0 Å². The summed E-state index contributed by atoms with van der Waals surface area (Å²) in [6, 6.07) is 9.35. The molecule has 0 aromatic carbocycles. The van der Waals surface area contributed by atoms with E-state index >= 15 is 0 Å². The van der Waals surface area contributed by atoms with Crippen LogP contribution in [0.3, 0.4) is 0 Å². The molecule has 0 aliphatic carbocycles. The molecule has 0 aliphatic heterocycles. The average Bonchev–Trinajstić information content (AvgIpc) is 3.70. The largest absolute Gasteiger partial charge is 0.143 e. The lowest BCUT2D eigenvalue weighted by Crippen LogP contribution is -1.84. The Kier molecular flexibility index (Phi) is 11.0. The van der Waals surface area contributed by atoms with Gasteiger partial charge >= 0.3 is 0 Å². The Labute approximate surface area is 243 Å². The maximum Gasteiger partial charge on any atom is 0.0893 e. The third-order valence-corrected chi connectivity index (χ3v) is 13.8. The predicted molar refractivity (Wildman–Crippen MR) is 177 cm³/mol. The number of hydrogen-bond acceptors (Lipinski definition) is 5. The molecule has 5 rings (SSSR count). The van der Waals surface area contributed by atoms with Crippen molar-refractivity contribution in [2.45, 2.75) is 116 Å². The second-order valence-electron chi connectivity index (χ2n) is 10.6. The summed E-state index contributed by atoms with van der Waals surface area (Å²) in [6.45, 7) is 2.30. The van der Waals surface area contributed by atoms with Crippen LogP contribution >= 0.6 is 56.7 Å². The molecule has 5 aromatic heterocycles. The minimum Gasteiger partial charge on any atom is -0.143 e. The van der Waals surface area contributed by atoms with Gasteiger partial charge in [0.1, 0.15) is 0 Å². The molecular weight excluding hydrogens is 545 g/mol. The van der Waals surface area contributed by atoms with Crippen LogP contribution < -0.4 is 0 Å². The maximum atomic E-state index is 2.52. The topological polar surface area (TPSA) is 0 Å². The first kappa shape index (κ1) is 27.8. The number of thiophene rings is 5. The molecule has 0 atom stereocenters. The molecule has 5 aromatic rings. The third-order valence-electron chi connectivity index (χ3n) is 7.57. The number of hydrogen-bond donors (Lipinski definition) is 0. The van der Waals surface area contributed by atoms with Crippen LogP contribution in [0.1, 0.15) is 115 Å². The first-order chi connectivity index (χ1) is 18.3. The molecule has 0 nitrogen and oxygen atoms in total. The van der Waals surface area contributed by atoms with Crippen LogP contribution in [0.2, 0.25) is 0 Å². The van der Waals surface area contributed by atoms with Gasteiger partial charge in [-0.2, -0.15) is 0 Å². The lowest BCUT2D eigenvalue weighted by atomic mass is 10.0. The molecule has 0 spiro atoms. The molecule has 0 bridgehead atoms. The first-order valence-corrected chi connectivity index (χ1v) is 18.9. The van der Waals surface area contributed by atoms with Crippen molar-refractivity contribution >= 4 is 84.9 Å². The van der Waals surface area contributed by atoms with Crippen LogP contribution in [-0.2, 0) is 6.42 Å². The molecule has 0 aliphatic rings. The Morgan fingerprint density at radius 2 is 1.08 bits per heavy atom. The zero-order valence-electron chi connectivity index (χ0n) is 22.4. The van der Waals surface area contributed by atoms with Crippen molar-refractivity contribution in [3.8, 4) is 9.75 Å². The lowest BCUT2D eigenvalue weighted by Gasteiger charge is -2.03. The van der Waals surface area contributed by atoms with Crippen molar-refractivity contribution in [3.63, 3.8) is 0 Å². The lowest BCUT2D eigenvalue weighted by molar-refractivity contribution is 0.529. The van der Waals surface area contributed by atoms with E-state index < -0.39 is 0 Å². The van der Waals surface area contributed by atoms with Gasteiger partial charge < -0.3 is 0 Å². The highest BCUT2D eigenvalue weighted by Gasteiger charge is 2.17. The fourth-order valence-corrected chi connectivity index (χ4v) is 11.9. The average molecular weight is 587 g/mol. The Balaban J connectivity index is 0.956. The van der Waals surface area contributed by atoms with Crippen molar-refractivity contribution in [2.24, 2.45) is 0 Å². The molecular formula is C32H42S5. The predicted octanol–water partition coefficient (Wildman–Crippen LogP) is 13.9. The highest BCUT2D eigenvalue weighted by atomic mass is 32.2. The molecule has 0 N–H and O–H groups in total. The standard InChI is InChI=1S/C32H42S5/c1-2-3-4-5-6-7-8-9-10-11-12-13-14-15-16-17-19-24-22-25-29-30(36-31(25)34-24)26-23-28(35-32(26)37-29)27-20-18-21-33-27/h18,20-23H,2-17,19H2,1H3. The van der Waals surface area contributed by atoms with Crippen molar-refractivity contribution in [1.29, 1.82) is 0 Å². The van der Waals surface area contributed by atoms with Crippen LogP contribution in [0.25, 0.3) is 38.0 Å². The van der Waals surface area contributed by atoms with Crippen LogP contribution in [0.5, 0.6) is 0 Å². The van der Waals surface area contributed by atoms with Gasteiger partial charge in [-0.1, -0.05) is 109 Å². The minimum atomic E-state index is 1.27. The molecule has 0 unspecified atom stereocenters. The number of fused-ring (bicyclic) bond motifs is 5. The number of unbranched alkanes of at least 4 members (excludes halogenated alkanes) is 15. The molecule has 200 valence electrons. The summed E-state index contributed by atoms with van der Waals surface area (Å²) in [4.78, 5) is 4.43. The molecule has 5 heteroatoms. The van der Waals surface area contributed by atoms with Crippen molar-refractivity contribution < 1.29 is 0 Å². The summed E-state index contributed by atoms with van der Waals surface area (Å²) >= 11 is 9.93. The van der Waals surface area contributed by atoms with Crippen LogP contribution in [0, 0.1) is 0 Å². The van der Waals surface area contributed by atoms with Gasteiger partial charge in [0.05, 0.1) is 17.4 Å². The minimum absolute atomic E-state index is 1.27. The second kappa shape index (κ2) is 14.6. The van der Waals surface area contributed by atoms with Crippen molar-refractivity contribution in [1.82, 2.24) is 0 Å². The van der Waals surface area contributed by atoms with E-state index in [9.17, 15) is 0 Å². The van der Waals surface area contributed by atoms with E-state index in [4.69, 9.17) is 0 Å². The van der Waals surface area contributed by atoms with Gasteiger partial charge in [0, 0.05) is 25.4 Å². The van der Waals surface area contributed by atoms with E-state index in [2.05, 4.69) is 47.9 Å². The normalized spacial score (nSPS) is 12.1. The Morgan fingerprint density at radius 3 is 1.65 bits per heavy atom. The van der Waals surface area contributed by atoms with Gasteiger partial charge in [0.25, 0.3) is 0 Å². The Hall–Kier alpha value is -0.720. The van der Waals surface area contributed by atoms with Gasteiger partial charge in [-0.15, -0.1) is 56.7 Å². The zero-order valence-corrected chi connectivity index (χ0v) is 26.5. The van der Waals surface area contributed by atoms with Crippen LogP contribution in [0.15, 0.2) is 29.6 Å². The molecule has 0 fully saturated rings. The van der Waals surface area contributed by atoms with Crippen LogP contribution in [0.4, 0.5) is 0 Å². The summed E-state index contributed by atoms with van der Waals surface area (Å²) < 4.78 is 6.10. The molecule has 0 amide bonds. The number of rotatable bonds is 18. The summed E-state index contributed by atoms with van der Waals surface area (Å²) in [5.74, 6) is 0. The third kappa shape index (κ3) is 7.48. The smallest absolute Gasteiger partial charge is 0.0893 e. The van der Waals surface area contributed by atoms with E-state index in [0.717, 1.165) is 0 Å². The number of aryl methyl sites for hydroxylation is 1. The van der Waals surface area contributed by atoms with E-state index in [1.807, 2.05) is 45.3 Å². The summed E-state index contributed by atoms with van der Waals surface area (Å²) in [5.41, 5.74) is 0. The molecule has 0 radical (unpaired) electrons. The van der Waals surface area contributed by atoms with Gasteiger partial charge in [-0.3, -0.25) is 0 Å². The first-order valence-electron chi connectivity index (χ1n) is 14.7. The molecule has 0 saturated carbocycles. The Morgan fingerprint density at radius 1 is 0.541 bits per heavy atom. The van der Waals surface area contributed by atoms with Crippen molar-refractivity contribution in [2.75, 3.05) is 0 Å². The fourth-order valence-electron chi connectivity index (χ4n) is 5.41. The van der Waals surface area contributed by atoms with Gasteiger partial charge in [0.15, 0.2) is 0 Å². The van der Waals surface area contributed by atoms with Gasteiger partial charge in [0.2, 0.25) is 0 Å². The van der Waals surface area contributed by atoms with E-state index in [1.165, 1.54) is 143 Å². The quantitative estimate of drug-likeness (QED) is 0.0896. The van der Waals surface area contributed by atoms with Crippen LogP contribution in [-0.4, -0.2) is 0 Å². The SMILES string of the molecule is CCCCCCCCCCCCCCCCCCc1cc2c(s1)sc1c3cc(-c4cccs4)sc3sc21. The van der Waals surface area contributed by atoms with Gasteiger partial charge in [-0.05, 0) is 36.4 Å². The molecule has 37 heavy (non-hydrogen) atoms. The van der Waals surface area contributed by atoms with Gasteiger partial charge in [-0.25, -0.2) is 0 Å². The Bertz CT molecular complexity index is 1330. The monoisotopic (exact) mass is 586 g/mol. The second-order valence-corrected chi connectivity index (χ2v) is 16.3. The maximum absolute atomic E-state index is 2.52. The van der Waals surface area contributed by atoms with E-state index in [1.54, 1.807) is 8.89 Å². The summed E-state index contributed by atoms with van der Waals surface area (Å²) in [7, 11) is 0. The highest BCUT2D eigenvalue weighted by Crippen LogP contribution is 2.51.